The van der Waals surface area contributed by atoms with Gasteiger partial charge in [0.05, 0.1) is 7.11 Å². The van der Waals surface area contributed by atoms with E-state index in [1.807, 2.05) is 54.3 Å². The van der Waals surface area contributed by atoms with Gasteiger partial charge in [-0.2, -0.15) is 0 Å². The maximum atomic E-state index is 12.2. The Kier molecular flexibility index (Phi) is 4.37. The maximum absolute atomic E-state index is 12.2. The largest absolute Gasteiger partial charge is 0.496 e. The predicted octanol–water partition coefficient (Wildman–Crippen LogP) is 4.58. The molecule has 4 rings (SSSR count). The molecule has 134 valence electrons. The van der Waals surface area contributed by atoms with E-state index in [-0.39, 0.29) is 11.9 Å². The Morgan fingerprint density at radius 1 is 1.31 bits per heavy atom. The number of likely N-dealkylation sites (tertiary alicyclic amines) is 1. The van der Waals surface area contributed by atoms with Gasteiger partial charge in [0.2, 0.25) is 11.8 Å². The number of hydrogen-bond acceptors (Lipinski definition) is 4. The Hall–Kier alpha value is -2.82. The number of aromatic nitrogens is 1. The van der Waals surface area contributed by atoms with Crippen LogP contribution in [0.3, 0.4) is 0 Å². The lowest BCUT2D eigenvalue weighted by molar-refractivity contribution is -0.132. The molecule has 0 bridgehead atoms. The van der Waals surface area contributed by atoms with Gasteiger partial charge in [0.1, 0.15) is 17.3 Å². The number of nitrogens with zero attached hydrogens (tertiary/aromatic N) is 2. The maximum Gasteiger partial charge on any atom is 0.222 e. The summed E-state index contributed by atoms with van der Waals surface area (Å²) in [6.45, 7) is 2.67. The predicted molar refractivity (Wildman–Crippen MR) is 100.0 cm³/mol. The second-order valence-corrected chi connectivity index (χ2v) is 6.53. The van der Waals surface area contributed by atoms with E-state index in [1.54, 1.807) is 7.11 Å². The van der Waals surface area contributed by atoms with Crippen molar-refractivity contribution >= 4 is 17.0 Å². The molecule has 2 aromatic carbocycles. The third-order valence-electron chi connectivity index (χ3n) is 4.98. The smallest absolute Gasteiger partial charge is 0.222 e. The van der Waals surface area contributed by atoms with Crippen LogP contribution in [-0.2, 0) is 4.79 Å². The number of carbonyl (C=O) groups excluding carboxylic acids is 1. The van der Waals surface area contributed by atoms with E-state index in [9.17, 15) is 4.79 Å². The molecule has 1 saturated heterocycles. The number of ether oxygens (including phenoxy) is 1. The van der Waals surface area contributed by atoms with Gasteiger partial charge in [0, 0.05) is 18.5 Å². The molecule has 3 aromatic rings. The van der Waals surface area contributed by atoms with Crippen LogP contribution in [-0.4, -0.2) is 29.4 Å². The Bertz CT molecular complexity index is 947. The van der Waals surface area contributed by atoms with Gasteiger partial charge < -0.3 is 14.1 Å². The van der Waals surface area contributed by atoms with Gasteiger partial charge in [0.25, 0.3) is 0 Å². The Balaban J connectivity index is 1.71. The van der Waals surface area contributed by atoms with Crippen molar-refractivity contribution in [2.24, 2.45) is 0 Å². The van der Waals surface area contributed by atoms with Crippen molar-refractivity contribution in [2.75, 3.05) is 13.7 Å². The van der Waals surface area contributed by atoms with Crippen molar-refractivity contribution in [1.82, 2.24) is 9.88 Å². The number of amides is 1. The average Bonchev–Trinajstić information content (AvgIpc) is 3.33. The summed E-state index contributed by atoms with van der Waals surface area (Å²) >= 11 is 0. The molecule has 0 aliphatic carbocycles. The van der Waals surface area contributed by atoms with Crippen molar-refractivity contribution in [2.45, 2.75) is 32.2 Å². The molecule has 1 fully saturated rings. The number of benzene rings is 2. The van der Waals surface area contributed by atoms with Crippen LogP contribution in [0.2, 0.25) is 0 Å². The van der Waals surface area contributed by atoms with Crippen molar-refractivity contribution < 1.29 is 13.9 Å². The zero-order chi connectivity index (χ0) is 18.1. The van der Waals surface area contributed by atoms with Crippen molar-refractivity contribution in [3.8, 4) is 16.9 Å². The second-order valence-electron chi connectivity index (χ2n) is 6.53. The summed E-state index contributed by atoms with van der Waals surface area (Å²) in [5.41, 5.74) is 3.60. The van der Waals surface area contributed by atoms with Crippen LogP contribution in [0.15, 0.2) is 46.9 Å². The quantitative estimate of drug-likeness (QED) is 0.691. The van der Waals surface area contributed by atoms with Crippen LogP contribution in [0.1, 0.15) is 38.1 Å². The fourth-order valence-electron chi connectivity index (χ4n) is 3.66. The first-order chi connectivity index (χ1) is 12.7. The van der Waals surface area contributed by atoms with Gasteiger partial charge in [-0.1, -0.05) is 31.2 Å². The van der Waals surface area contributed by atoms with Gasteiger partial charge in [0.15, 0.2) is 5.58 Å². The molecular weight excluding hydrogens is 328 g/mol. The second kappa shape index (κ2) is 6.83. The third kappa shape index (κ3) is 2.83. The van der Waals surface area contributed by atoms with Crippen molar-refractivity contribution in [1.29, 1.82) is 0 Å². The third-order valence-corrected chi connectivity index (χ3v) is 4.98. The van der Waals surface area contributed by atoms with E-state index in [0.717, 1.165) is 47.4 Å². The molecule has 5 heteroatoms. The first kappa shape index (κ1) is 16.6. The highest BCUT2D eigenvalue weighted by molar-refractivity contribution is 5.82. The fourth-order valence-corrected chi connectivity index (χ4v) is 3.66. The van der Waals surface area contributed by atoms with E-state index < -0.39 is 0 Å². The summed E-state index contributed by atoms with van der Waals surface area (Å²) in [4.78, 5) is 18.8. The normalized spacial score (nSPS) is 17.0. The minimum atomic E-state index is -0.0513. The van der Waals surface area contributed by atoms with Crippen LogP contribution in [0.5, 0.6) is 5.75 Å². The van der Waals surface area contributed by atoms with Gasteiger partial charge in [-0.25, -0.2) is 4.98 Å². The molecule has 1 atom stereocenters. The van der Waals surface area contributed by atoms with Crippen molar-refractivity contribution in [3.05, 3.63) is 48.4 Å². The average molecular weight is 350 g/mol. The van der Waals surface area contributed by atoms with Crippen LogP contribution < -0.4 is 4.74 Å². The van der Waals surface area contributed by atoms with Crippen molar-refractivity contribution in [3.63, 3.8) is 0 Å². The van der Waals surface area contributed by atoms with Gasteiger partial charge in [-0.05, 0) is 36.6 Å². The minimum Gasteiger partial charge on any atom is -0.496 e. The molecule has 1 aromatic heterocycles. The molecule has 1 aliphatic heterocycles. The molecule has 0 radical (unpaired) electrons. The van der Waals surface area contributed by atoms with E-state index in [1.165, 1.54) is 0 Å². The highest BCUT2D eigenvalue weighted by atomic mass is 16.5. The lowest BCUT2D eigenvalue weighted by Gasteiger charge is -2.21. The number of rotatable bonds is 4. The molecule has 1 amide bonds. The monoisotopic (exact) mass is 350 g/mol. The Morgan fingerprint density at radius 2 is 2.15 bits per heavy atom. The summed E-state index contributed by atoms with van der Waals surface area (Å²) in [6.07, 6.45) is 2.40. The molecule has 0 spiro atoms. The molecule has 5 nitrogen and oxygen atoms in total. The topological polar surface area (TPSA) is 55.6 Å². The zero-order valence-electron chi connectivity index (χ0n) is 15.1. The van der Waals surface area contributed by atoms with Crippen LogP contribution >= 0.6 is 0 Å². The lowest BCUT2D eigenvalue weighted by Crippen LogP contribution is -2.29. The fraction of sp³-hybridized carbons (Fsp3) is 0.333. The number of para-hydroxylation sites is 1. The standard InChI is InChI=1S/C21H22N2O3/c1-3-20(24)23-12-6-8-17(23)21-22-16-13-14(10-11-19(16)26-21)15-7-4-5-9-18(15)25-2/h4-5,7,9-11,13,17H,3,6,8,12H2,1-2H3/t17-/m1/s1. The highest BCUT2D eigenvalue weighted by Gasteiger charge is 2.32. The summed E-state index contributed by atoms with van der Waals surface area (Å²) in [5.74, 6) is 1.62. The number of oxazole rings is 1. The van der Waals surface area contributed by atoms with E-state index in [4.69, 9.17) is 14.1 Å². The number of fused-ring (bicyclic) bond motifs is 1. The molecule has 0 N–H and O–H groups in total. The first-order valence-electron chi connectivity index (χ1n) is 9.04. The molecule has 26 heavy (non-hydrogen) atoms. The zero-order valence-corrected chi connectivity index (χ0v) is 15.1. The molecule has 0 unspecified atom stereocenters. The summed E-state index contributed by atoms with van der Waals surface area (Å²) in [6, 6.07) is 13.8. The number of hydrogen-bond donors (Lipinski definition) is 0. The highest BCUT2D eigenvalue weighted by Crippen LogP contribution is 2.36. The Labute approximate surface area is 152 Å². The number of methoxy groups -OCH3 is 1. The molecule has 2 heterocycles. The lowest BCUT2D eigenvalue weighted by atomic mass is 10.0. The molecular formula is C21H22N2O3. The minimum absolute atomic E-state index is 0.0513. The van der Waals surface area contributed by atoms with E-state index in [2.05, 4.69) is 0 Å². The summed E-state index contributed by atoms with van der Waals surface area (Å²) < 4.78 is 11.5. The number of carbonyl (C=O) groups is 1. The summed E-state index contributed by atoms with van der Waals surface area (Å²) in [5, 5.41) is 0. The van der Waals surface area contributed by atoms with Crippen LogP contribution in [0.25, 0.3) is 22.2 Å². The van der Waals surface area contributed by atoms with E-state index >= 15 is 0 Å². The van der Waals surface area contributed by atoms with E-state index in [0.29, 0.717) is 12.3 Å². The summed E-state index contributed by atoms with van der Waals surface area (Å²) in [7, 11) is 1.67. The van der Waals surface area contributed by atoms with Gasteiger partial charge >= 0.3 is 0 Å². The molecule has 0 saturated carbocycles. The molecule has 1 aliphatic rings. The Morgan fingerprint density at radius 3 is 2.96 bits per heavy atom. The first-order valence-corrected chi connectivity index (χ1v) is 9.04. The van der Waals surface area contributed by atoms with Crippen LogP contribution in [0, 0.1) is 0 Å². The van der Waals surface area contributed by atoms with Gasteiger partial charge in [-0.15, -0.1) is 0 Å². The van der Waals surface area contributed by atoms with Crippen LogP contribution in [0.4, 0.5) is 0 Å². The van der Waals surface area contributed by atoms with Gasteiger partial charge in [-0.3, -0.25) is 4.79 Å². The SMILES string of the molecule is CCC(=O)N1CCC[C@@H]1c1nc2cc(-c3ccccc3OC)ccc2o1.